The van der Waals surface area contributed by atoms with Crippen molar-refractivity contribution in [2.75, 3.05) is 0 Å². The molecule has 0 spiro atoms. The fraction of sp³-hybridized carbons (Fsp3) is 0.529. The molecule has 0 aliphatic heterocycles. The highest BCUT2D eigenvalue weighted by Gasteiger charge is 2.23. The van der Waals surface area contributed by atoms with Gasteiger partial charge in [-0.15, -0.1) is 0 Å². The Hall–Kier alpha value is -1.84. The third-order valence-electron chi connectivity index (χ3n) is 3.29. The predicted molar refractivity (Wildman–Crippen MR) is 81.4 cm³/mol. The molecule has 1 unspecified atom stereocenters. The fourth-order valence-corrected chi connectivity index (χ4v) is 2.07. The lowest BCUT2D eigenvalue weighted by atomic mass is 9.92. The van der Waals surface area contributed by atoms with E-state index < -0.39 is 17.5 Å². The van der Waals surface area contributed by atoms with Gasteiger partial charge in [-0.25, -0.2) is 0 Å². The summed E-state index contributed by atoms with van der Waals surface area (Å²) >= 11 is 0. The van der Waals surface area contributed by atoms with Crippen LogP contribution in [0.3, 0.4) is 0 Å². The maximum absolute atomic E-state index is 11.7. The highest BCUT2D eigenvalue weighted by Crippen LogP contribution is 2.24. The van der Waals surface area contributed by atoms with Crippen LogP contribution in [0.1, 0.15) is 56.2 Å². The van der Waals surface area contributed by atoms with Crippen LogP contribution in [-0.4, -0.2) is 22.6 Å². The van der Waals surface area contributed by atoms with Gasteiger partial charge in [0.2, 0.25) is 0 Å². The molecule has 0 saturated carbocycles. The maximum Gasteiger partial charge on any atom is 0.310 e. The van der Waals surface area contributed by atoms with E-state index in [9.17, 15) is 14.7 Å². The van der Waals surface area contributed by atoms with Crippen molar-refractivity contribution in [3.8, 4) is 0 Å². The lowest BCUT2D eigenvalue weighted by Gasteiger charge is -2.20. The summed E-state index contributed by atoms with van der Waals surface area (Å²) in [5.74, 6) is -1.96. The number of rotatable bonds is 5. The van der Waals surface area contributed by atoms with Crippen molar-refractivity contribution in [2.24, 2.45) is 0 Å². The molecule has 1 N–H and O–H groups in total. The van der Waals surface area contributed by atoms with Crippen LogP contribution < -0.4 is 0 Å². The fourth-order valence-electron chi connectivity index (χ4n) is 2.07. The molecule has 21 heavy (non-hydrogen) atoms. The Bertz CT molecular complexity index is 526. The zero-order chi connectivity index (χ0) is 16.2. The van der Waals surface area contributed by atoms with Gasteiger partial charge in [0.15, 0.2) is 0 Å². The summed E-state index contributed by atoms with van der Waals surface area (Å²) in [5, 5.41) is 9.38. The Balaban J connectivity index is 2.77. The normalized spacial score (nSPS) is 12.8. The summed E-state index contributed by atoms with van der Waals surface area (Å²) in [6.45, 7) is 9.32. The zero-order valence-corrected chi connectivity index (χ0v) is 13.4. The number of carboxylic acid groups (broad SMARTS) is 1. The third kappa shape index (κ3) is 5.58. The lowest BCUT2D eigenvalue weighted by molar-refractivity contribution is -0.155. The van der Waals surface area contributed by atoms with Crippen molar-refractivity contribution in [2.45, 2.75) is 59.0 Å². The number of hydrogen-bond acceptors (Lipinski definition) is 3. The Labute approximate surface area is 126 Å². The van der Waals surface area contributed by atoms with Crippen LogP contribution in [0.2, 0.25) is 0 Å². The van der Waals surface area contributed by atoms with Crippen molar-refractivity contribution >= 4 is 11.9 Å². The monoisotopic (exact) mass is 292 g/mol. The summed E-state index contributed by atoms with van der Waals surface area (Å²) in [6, 6.07) is 5.60. The van der Waals surface area contributed by atoms with Gasteiger partial charge in [-0.2, -0.15) is 0 Å². The molecule has 0 amide bonds. The number of carbonyl (C=O) groups is 2. The molecule has 1 rings (SSSR count). The van der Waals surface area contributed by atoms with Crippen LogP contribution in [0, 0.1) is 13.8 Å². The van der Waals surface area contributed by atoms with Gasteiger partial charge in [0.1, 0.15) is 5.60 Å². The van der Waals surface area contributed by atoms with E-state index in [4.69, 9.17) is 4.74 Å². The average molecular weight is 292 g/mol. The molecule has 0 saturated heterocycles. The van der Waals surface area contributed by atoms with E-state index in [0.29, 0.717) is 0 Å². The number of carbonyl (C=O) groups excluding carboxylic acids is 1. The highest BCUT2D eigenvalue weighted by molar-refractivity contribution is 5.78. The van der Waals surface area contributed by atoms with Gasteiger partial charge in [-0.05, 0) is 57.7 Å². The van der Waals surface area contributed by atoms with E-state index >= 15 is 0 Å². The SMILES string of the molecule is Cc1ccc(C(CCC(=O)OC(C)(C)C)C(=O)O)cc1C. The van der Waals surface area contributed by atoms with Crippen LogP contribution in [0.4, 0.5) is 0 Å². The molecule has 1 aromatic rings. The topological polar surface area (TPSA) is 63.6 Å². The van der Waals surface area contributed by atoms with E-state index in [1.807, 2.05) is 32.0 Å². The molecule has 1 atom stereocenters. The first-order chi connectivity index (χ1) is 9.60. The van der Waals surface area contributed by atoms with E-state index in [-0.39, 0.29) is 18.8 Å². The van der Waals surface area contributed by atoms with Crippen molar-refractivity contribution < 1.29 is 19.4 Å². The number of aryl methyl sites for hydroxylation is 2. The van der Waals surface area contributed by atoms with Gasteiger partial charge in [-0.1, -0.05) is 18.2 Å². The molecule has 0 heterocycles. The van der Waals surface area contributed by atoms with Gasteiger partial charge in [0, 0.05) is 6.42 Å². The average Bonchev–Trinajstić information content (AvgIpc) is 2.31. The minimum absolute atomic E-state index is 0.0984. The predicted octanol–water partition coefficient (Wildman–Crippen LogP) is 3.59. The largest absolute Gasteiger partial charge is 0.481 e. The van der Waals surface area contributed by atoms with Gasteiger partial charge < -0.3 is 9.84 Å². The second-order valence-electron chi connectivity index (χ2n) is 6.36. The molecular weight excluding hydrogens is 268 g/mol. The summed E-state index contributed by atoms with van der Waals surface area (Å²) in [4.78, 5) is 23.2. The summed E-state index contributed by atoms with van der Waals surface area (Å²) in [6.07, 6.45) is 0.341. The number of carboxylic acids is 1. The Morgan fingerprint density at radius 2 is 1.81 bits per heavy atom. The number of aliphatic carboxylic acids is 1. The van der Waals surface area contributed by atoms with Gasteiger partial charge in [0.25, 0.3) is 0 Å². The molecular formula is C17H24O4. The molecule has 1 aromatic carbocycles. The van der Waals surface area contributed by atoms with Crippen LogP contribution >= 0.6 is 0 Å². The van der Waals surface area contributed by atoms with Crippen LogP contribution in [0.15, 0.2) is 18.2 Å². The second kappa shape index (κ2) is 6.74. The van der Waals surface area contributed by atoms with Crippen LogP contribution in [-0.2, 0) is 14.3 Å². The molecule has 4 heteroatoms. The Morgan fingerprint density at radius 3 is 2.29 bits per heavy atom. The van der Waals surface area contributed by atoms with E-state index in [0.717, 1.165) is 16.7 Å². The van der Waals surface area contributed by atoms with Crippen molar-refractivity contribution in [3.63, 3.8) is 0 Å². The van der Waals surface area contributed by atoms with E-state index in [1.165, 1.54) is 0 Å². The first-order valence-electron chi connectivity index (χ1n) is 7.12. The molecule has 0 bridgehead atoms. The summed E-state index contributed by atoms with van der Waals surface area (Å²) in [5.41, 5.74) is 2.36. The highest BCUT2D eigenvalue weighted by atomic mass is 16.6. The number of esters is 1. The first-order valence-corrected chi connectivity index (χ1v) is 7.12. The van der Waals surface area contributed by atoms with Gasteiger partial charge in [-0.3, -0.25) is 9.59 Å². The minimum atomic E-state index is -0.915. The summed E-state index contributed by atoms with van der Waals surface area (Å²) < 4.78 is 5.21. The zero-order valence-electron chi connectivity index (χ0n) is 13.4. The minimum Gasteiger partial charge on any atom is -0.481 e. The van der Waals surface area contributed by atoms with Crippen molar-refractivity contribution in [3.05, 3.63) is 34.9 Å². The smallest absolute Gasteiger partial charge is 0.310 e. The maximum atomic E-state index is 11.7. The second-order valence-corrected chi connectivity index (χ2v) is 6.36. The molecule has 0 aromatic heterocycles. The lowest BCUT2D eigenvalue weighted by Crippen LogP contribution is -2.24. The van der Waals surface area contributed by atoms with E-state index in [2.05, 4.69) is 0 Å². The van der Waals surface area contributed by atoms with Gasteiger partial charge in [0.05, 0.1) is 5.92 Å². The Kier molecular flexibility index (Phi) is 5.53. The molecule has 116 valence electrons. The molecule has 0 radical (unpaired) electrons. The third-order valence-corrected chi connectivity index (χ3v) is 3.29. The van der Waals surface area contributed by atoms with Crippen molar-refractivity contribution in [1.82, 2.24) is 0 Å². The molecule has 4 nitrogen and oxygen atoms in total. The van der Waals surface area contributed by atoms with Crippen LogP contribution in [0.25, 0.3) is 0 Å². The Morgan fingerprint density at radius 1 is 1.19 bits per heavy atom. The quantitative estimate of drug-likeness (QED) is 0.842. The number of benzene rings is 1. The van der Waals surface area contributed by atoms with E-state index in [1.54, 1.807) is 20.8 Å². The number of hydrogen-bond donors (Lipinski definition) is 1. The van der Waals surface area contributed by atoms with Crippen molar-refractivity contribution in [1.29, 1.82) is 0 Å². The standard InChI is InChI=1S/C17H24O4/c1-11-6-7-13(10-12(11)2)14(16(19)20)8-9-15(18)21-17(3,4)5/h6-7,10,14H,8-9H2,1-5H3,(H,19,20). The number of ether oxygens (including phenoxy) is 1. The summed E-state index contributed by atoms with van der Waals surface area (Å²) in [7, 11) is 0. The molecule has 0 aliphatic rings. The molecule has 0 fully saturated rings. The molecule has 0 aliphatic carbocycles. The van der Waals surface area contributed by atoms with Crippen LogP contribution in [0.5, 0.6) is 0 Å². The van der Waals surface area contributed by atoms with Gasteiger partial charge >= 0.3 is 11.9 Å². The first kappa shape index (κ1) is 17.2.